The first-order valence-electron chi connectivity index (χ1n) is 5.51. The number of carbonyl (C=O) groups is 1. The summed E-state index contributed by atoms with van der Waals surface area (Å²) in [5.74, 6) is -0.319. The molecule has 1 aromatic rings. The van der Waals surface area contributed by atoms with Crippen LogP contribution in [-0.2, 0) is 4.79 Å². The van der Waals surface area contributed by atoms with E-state index in [9.17, 15) is 4.79 Å². The van der Waals surface area contributed by atoms with E-state index >= 15 is 0 Å². The van der Waals surface area contributed by atoms with E-state index in [1.54, 1.807) is 25.7 Å². The van der Waals surface area contributed by atoms with Gasteiger partial charge < -0.3 is 10.4 Å². The molecule has 0 aliphatic rings. The van der Waals surface area contributed by atoms with E-state index in [0.717, 1.165) is 4.90 Å². The number of hydrogen-bond donors (Lipinski definition) is 2. The third-order valence-corrected chi connectivity index (χ3v) is 4.36. The van der Waals surface area contributed by atoms with Crippen molar-refractivity contribution in [3.63, 3.8) is 0 Å². The van der Waals surface area contributed by atoms with Crippen molar-refractivity contribution in [1.82, 2.24) is 5.32 Å². The van der Waals surface area contributed by atoms with Crippen molar-refractivity contribution < 1.29 is 9.90 Å². The molecule has 0 aliphatic heterocycles. The van der Waals surface area contributed by atoms with E-state index in [4.69, 9.17) is 5.11 Å². The van der Waals surface area contributed by atoms with Gasteiger partial charge >= 0.3 is 5.97 Å². The molecule has 0 aromatic heterocycles. The Morgan fingerprint density at radius 2 is 2.12 bits per heavy atom. The Morgan fingerprint density at radius 3 is 2.59 bits per heavy atom. The second-order valence-corrected chi connectivity index (χ2v) is 5.46. The molecule has 0 saturated carbocycles. The molecular formula is C13H19NO2S. The van der Waals surface area contributed by atoms with Gasteiger partial charge in [-0.1, -0.05) is 17.7 Å². The molecule has 17 heavy (non-hydrogen) atoms. The Morgan fingerprint density at radius 1 is 1.47 bits per heavy atom. The van der Waals surface area contributed by atoms with Gasteiger partial charge in [-0.3, -0.25) is 4.79 Å². The van der Waals surface area contributed by atoms with E-state index in [1.165, 1.54) is 11.1 Å². The van der Waals surface area contributed by atoms with Crippen molar-refractivity contribution in [2.75, 3.05) is 12.8 Å². The molecule has 94 valence electrons. The van der Waals surface area contributed by atoms with Gasteiger partial charge in [0.05, 0.1) is 0 Å². The summed E-state index contributed by atoms with van der Waals surface area (Å²) in [6.45, 7) is 5.80. The molecule has 2 N–H and O–H groups in total. The lowest BCUT2D eigenvalue weighted by atomic mass is 10.1. The predicted octanol–water partition coefficient (Wildman–Crippen LogP) is 2.46. The zero-order chi connectivity index (χ0) is 13.1. The van der Waals surface area contributed by atoms with E-state index in [0.29, 0.717) is 5.75 Å². The number of carboxylic acid groups (broad SMARTS) is 1. The number of likely N-dealkylation sites (N-methyl/N-ethyl adjacent to an activating group) is 1. The fraction of sp³-hybridized carbons (Fsp3) is 0.462. The topological polar surface area (TPSA) is 49.3 Å². The molecule has 1 aromatic carbocycles. The number of hydrogen-bond acceptors (Lipinski definition) is 3. The summed E-state index contributed by atoms with van der Waals surface area (Å²) < 4.78 is 0. The molecule has 1 atom stereocenters. The van der Waals surface area contributed by atoms with Gasteiger partial charge in [-0.05, 0) is 39.4 Å². The second kappa shape index (κ2) is 5.56. The zero-order valence-electron chi connectivity index (χ0n) is 10.7. The number of nitrogens with one attached hydrogen (secondary N) is 1. The van der Waals surface area contributed by atoms with Crippen LogP contribution in [0.4, 0.5) is 0 Å². The predicted molar refractivity (Wildman–Crippen MR) is 71.7 cm³/mol. The van der Waals surface area contributed by atoms with Gasteiger partial charge in [0, 0.05) is 10.6 Å². The maximum absolute atomic E-state index is 11.1. The van der Waals surface area contributed by atoms with Crippen molar-refractivity contribution >= 4 is 17.7 Å². The standard InChI is InChI=1S/C13H19NO2S/c1-9-5-6-11(10(2)7-9)17-8-13(3,14-4)12(15)16/h5-7,14H,8H2,1-4H3,(H,15,16). The first-order chi connectivity index (χ1) is 7.89. The molecule has 0 spiro atoms. The molecule has 0 radical (unpaired) electrons. The highest BCUT2D eigenvalue weighted by Crippen LogP contribution is 2.26. The number of carboxylic acids is 1. The lowest BCUT2D eigenvalue weighted by Crippen LogP contribution is -2.49. The summed E-state index contributed by atoms with van der Waals surface area (Å²) in [6, 6.07) is 6.21. The van der Waals surface area contributed by atoms with Crippen LogP contribution in [0.2, 0.25) is 0 Å². The molecule has 1 unspecified atom stereocenters. The lowest BCUT2D eigenvalue weighted by Gasteiger charge is -2.23. The van der Waals surface area contributed by atoms with Gasteiger partial charge in [0.25, 0.3) is 0 Å². The Hall–Kier alpha value is -1.00. The number of benzene rings is 1. The maximum Gasteiger partial charge on any atom is 0.324 e. The van der Waals surface area contributed by atoms with Crippen molar-refractivity contribution in [2.45, 2.75) is 31.2 Å². The quantitative estimate of drug-likeness (QED) is 0.791. The highest BCUT2D eigenvalue weighted by Gasteiger charge is 2.31. The molecule has 0 fully saturated rings. The first kappa shape index (κ1) is 14.1. The van der Waals surface area contributed by atoms with E-state index < -0.39 is 11.5 Å². The van der Waals surface area contributed by atoms with Crippen LogP contribution in [-0.4, -0.2) is 29.4 Å². The van der Waals surface area contributed by atoms with Crippen molar-refractivity contribution in [3.8, 4) is 0 Å². The Balaban J connectivity index is 2.76. The average molecular weight is 253 g/mol. The van der Waals surface area contributed by atoms with Crippen LogP contribution >= 0.6 is 11.8 Å². The Kier molecular flexibility index (Phi) is 4.60. The van der Waals surface area contributed by atoms with Crippen LogP contribution in [0.25, 0.3) is 0 Å². The number of aliphatic carboxylic acids is 1. The maximum atomic E-state index is 11.1. The minimum Gasteiger partial charge on any atom is -0.480 e. The summed E-state index contributed by atoms with van der Waals surface area (Å²) in [5.41, 5.74) is 1.53. The van der Waals surface area contributed by atoms with Crippen molar-refractivity contribution in [2.24, 2.45) is 0 Å². The molecule has 0 amide bonds. The SMILES string of the molecule is CNC(C)(CSc1ccc(C)cc1C)C(=O)O. The minimum absolute atomic E-state index is 0.503. The minimum atomic E-state index is -0.887. The first-order valence-corrected chi connectivity index (χ1v) is 6.50. The van der Waals surface area contributed by atoms with Gasteiger partial charge in [-0.2, -0.15) is 0 Å². The summed E-state index contributed by atoms with van der Waals surface area (Å²) in [6.07, 6.45) is 0. The average Bonchev–Trinajstić information content (AvgIpc) is 2.27. The third kappa shape index (κ3) is 3.48. The highest BCUT2D eigenvalue weighted by atomic mass is 32.2. The molecule has 4 heteroatoms. The Bertz CT molecular complexity index is 420. The van der Waals surface area contributed by atoms with Crippen molar-refractivity contribution in [1.29, 1.82) is 0 Å². The van der Waals surface area contributed by atoms with Gasteiger partial charge in [0.2, 0.25) is 0 Å². The second-order valence-electron chi connectivity index (χ2n) is 4.44. The van der Waals surface area contributed by atoms with Crippen LogP contribution in [0, 0.1) is 13.8 Å². The summed E-state index contributed by atoms with van der Waals surface area (Å²) in [5, 5.41) is 12.0. The molecule has 1 rings (SSSR count). The number of aryl methyl sites for hydroxylation is 2. The fourth-order valence-corrected chi connectivity index (χ4v) is 2.59. The molecule has 0 saturated heterocycles. The number of thioether (sulfide) groups is 1. The van der Waals surface area contributed by atoms with Crippen LogP contribution in [0.1, 0.15) is 18.1 Å². The van der Waals surface area contributed by atoms with Crippen LogP contribution in [0.3, 0.4) is 0 Å². The largest absolute Gasteiger partial charge is 0.480 e. The molecule has 0 heterocycles. The van der Waals surface area contributed by atoms with Crippen LogP contribution in [0.5, 0.6) is 0 Å². The monoisotopic (exact) mass is 253 g/mol. The molecule has 0 aliphatic carbocycles. The highest BCUT2D eigenvalue weighted by molar-refractivity contribution is 7.99. The fourth-order valence-electron chi connectivity index (χ4n) is 1.42. The van der Waals surface area contributed by atoms with Gasteiger partial charge in [0.15, 0.2) is 0 Å². The van der Waals surface area contributed by atoms with Gasteiger partial charge in [-0.15, -0.1) is 11.8 Å². The van der Waals surface area contributed by atoms with Crippen LogP contribution < -0.4 is 5.32 Å². The Labute approximate surface area is 107 Å². The van der Waals surface area contributed by atoms with E-state index in [-0.39, 0.29) is 0 Å². The summed E-state index contributed by atoms with van der Waals surface area (Å²) >= 11 is 1.57. The summed E-state index contributed by atoms with van der Waals surface area (Å²) in [4.78, 5) is 12.3. The zero-order valence-corrected chi connectivity index (χ0v) is 11.5. The van der Waals surface area contributed by atoms with E-state index in [1.807, 2.05) is 19.1 Å². The normalized spacial score (nSPS) is 14.4. The molecule has 0 bridgehead atoms. The van der Waals surface area contributed by atoms with E-state index in [2.05, 4.69) is 18.3 Å². The summed E-state index contributed by atoms with van der Waals surface area (Å²) in [7, 11) is 1.68. The van der Waals surface area contributed by atoms with Crippen molar-refractivity contribution in [3.05, 3.63) is 29.3 Å². The molecular weight excluding hydrogens is 234 g/mol. The van der Waals surface area contributed by atoms with Gasteiger partial charge in [-0.25, -0.2) is 0 Å². The number of rotatable bonds is 5. The third-order valence-electron chi connectivity index (χ3n) is 2.87. The lowest BCUT2D eigenvalue weighted by molar-refractivity contribution is -0.142. The van der Waals surface area contributed by atoms with Gasteiger partial charge in [0.1, 0.15) is 5.54 Å². The van der Waals surface area contributed by atoms with Crippen LogP contribution in [0.15, 0.2) is 23.1 Å². The smallest absolute Gasteiger partial charge is 0.324 e. The molecule has 3 nitrogen and oxygen atoms in total.